The first kappa shape index (κ1) is 16.7. The number of fused-ring (bicyclic) bond motifs is 1. The normalized spacial score (nSPS) is 21.2. The molecule has 0 spiro atoms. The van der Waals surface area contributed by atoms with Crippen LogP contribution in [0.15, 0.2) is 54.6 Å². The first-order valence-corrected chi connectivity index (χ1v) is 8.61. The van der Waals surface area contributed by atoms with Gasteiger partial charge in [0, 0.05) is 24.1 Å². The van der Waals surface area contributed by atoms with Crippen molar-refractivity contribution in [2.75, 3.05) is 27.2 Å². The van der Waals surface area contributed by atoms with Crippen molar-refractivity contribution in [2.45, 2.75) is 18.8 Å². The summed E-state index contributed by atoms with van der Waals surface area (Å²) >= 11 is 0. The van der Waals surface area contributed by atoms with Gasteiger partial charge in [0.2, 0.25) is 0 Å². The summed E-state index contributed by atoms with van der Waals surface area (Å²) in [7, 11) is 4.23. The number of benzene rings is 2. The summed E-state index contributed by atoms with van der Waals surface area (Å²) in [4.78, 5) is 14.6. The summed E-state index contributed by atoms with van der Waals surface area (Å²) in [6.45, 7) is 3.99. The summed E-state index contributed by atoms with van der Waals surface area (Å²) < 4.78 is 0. The maximum Gasteiger partial charge on any atom is 0.251 e. The smallest absolute Gasteiger partial charge is 0.251 e. The fourth-order valence-electron chi connectivity index (χ4n) is 4.12. The molecule has 3 nitrogen and oxygen atoms in total. The lowest BCUT2D eigenvalue weighted by Gasteiger charge is -2.41. The lowest BCUT2D eigenvalue weighted by Crippen LogP contribution is -2.49. The second-order valence-corrected chi connectivity index (χ2v) is 7.25. The summed E-state index contributed by atoms with van der Waals surface area (Å²) in [6, 6.07) is 18.7. The SMILES string of the molecule is CC(CN(C)C)CC1(c2ccccc2)CNC(=O)c2ccccc21. The molecule has 24 heavy (non-hydrogen) atoms. The molecule has 1 N–H and O–H groups in total. The molecule has 3 heteroatoms. The van der Waals surface area contributed by atoms with E-state index in [4.69, 9.17) is 0 Å². The zero-order valence-corrected chi connectivity index (χ0v) is 14.8. The monoisotopic (exact) mass is 322 g/mol. The van der Waals surface area contributed by atoms with Crippen LogP contribution in [-0.4, -0.2) is 38.0 Å². The minimum absolute atomic E-state index is 0.0393. The number of hydrogen-bond donors (Lipinski definition) is 1. The van der Waals surface area contributed by atoms with Gasteiger partial charge in [0.15, 0.2) is 0 Å². The van der Waals surface area contributed by atoms with Crippen molar-refractivity contribution in [3.8, 4) is 0 Å². The average molecular weight is 322 g/mol. The maximum absolute atomic E-state index is 12.3. The third kappa shape index (κ3) is 3.09. The van der Waals surface area contributed by atoms with E-state index in [0.717, 1.165) is 24.1 Å². The molecule has 1 heterocycles. The second kappa shape index (κ2) is 6.78. The maximum atomic E-state index is 12.3. The summed E-state index contributed by atoms with van der Waals surface area (Å²) in [6.07, 6.45) is 1.01. The molecule has 2 aromatic carbocycles. The first-order chi connectivity index (χ1) is 11.5. The number of rotatable bonds is 5. The van der Waals surface area contributed by atoms with Gasteiger partial charge in [0.05, 0.1) is 0 Å². The topological polar surface area (TPSA) is 32.3 Å². The van der Waals surface area contributed by atoms with Gasteiger partial charge in [-0.25, -0.2) is 0 Å². The molecule has 0 radical (unpaired) electrons. The standard InChI is InChI=1S/C21H26N2O/c1-16(14-23(2)3)13-21(17-9-5-4-6-10-17)15-22-20(24)18-11-7-8-12-19(18)21/h4-12,16H,13-15H2,1-3H3,(H,22,24). The first-order valence-electron chi connectivity index (χ1n) is 8.61. The summed E-state index contributed by atoms with van der Waals surface area (Å²) in [5.41, 5.74) is 3.08. The molecule has 0 aromatic heterocycles. The zero-order valence-electron chi connectivity index (χ0n) is 14.8. The van der Waals surface area contributed by atoms with Crippen LogP contribution in [0.3, 0.4) is 0 Å². The molecule has 2 unspecified atom stereocenters. The highest BCUT2D eigenvalue weighted by Gasteiger charge is 2.41. The average Bonchev–Trinajstić information content (AvgIpc) is 2.58. The quantitative estimate of drug-likeness (QED) is 0.916. The van der Waals surface area contributed by atoms with Gasteiger partial charge < -0.3 is 10.2 Å². The van der Waals surface area contributed by atoms with Gasteiger partial charge in [0.25, 0.3) is 5.91 Å². The van der Waals surface area contributed by atoms with Crippen LogP contribution < -0.4 is 5.32 Å². The van der Waals surface area contributed by atoms with E-state index in [-0.39, 0.29) is 11.3 Å². The second-order valence-electron chi connectivity index (χ2n) is 7.25. The third-order valence-electron chi connectivity index (χ3n) is 4.94. The third-order valence-corrected chi connectivity index (χ3v) is 4.94. The Hall–Kier alpha value is -2.13. The molecule has 3 rings (SSSR count). The summed E-state index contributed by atoms with van der Waals surface area (Å²) in [5.74, 6) is 0.556. The highest BCUT2D eigenvalue weighted by molar-refractivity contribution is 5.97. The highest BCUT2D eigenvalue weighted by atomic mass is 16.1. The molecule has 1 aliphatic rings. The van der Waals surface area contributed by atoms with Crippen molar-refractivity contribution in [2.24, 2.45) is 5.92 Å². The van der Waals surface area contributed by atoms with Crippen molar-refractivity contribution in [3.05, 3.63) is 71.3 Å². The molecule has 2 aromatic rings. The van der Waals surface area contributed by atoms with Crippen molar-refractivity contribution >= 4 is 5.91 Å². The number of nitrogens with zero attached hydrogens (tertiary/aromatic N) is 1. The Balaban J connectivity index is 2.10. The Morgan fingerprint density at radius 3 is 2.46 bits per heavy atom. The van der Waals surface area contributed by atoms with Crippen molar-refractivity contribution in [1.82, 2.24) is 10.2 Å². The zero-order chi connectivity index (χ0) is 17.2. The number of nitrogens with one attached hydrogen (secondary N) is 1. The number of carbonyl (C=O) groups excluding carboxylic acids is 1. The fraction of sp³-hybridized carbons (Fsp3) is 0.381. The molecule has 0 aliphatic carbocycles. The molecule has 126 valence electrons. The van der Waals surface area contributed by atoms with E-state index in [1.165, 1.54) is 5.56 Å². The van der Waals surface area contributed by atoms with E-state index >= 15 is 0 Å². The van der Waals surface area contributed by atoms with Crippen LogP contribution in [0.25, 0.3) is 0 Å². The van der Waals surface area contributed by atoms with E-state index in [9.17, 15) is 4.79 Å². The van der Waals surface area contributed by atoms with Crippen LogP contribution in [0.4, 0.5) is 0 Å². The number of hydrogen-bond acceptors (Lipinski definition) is 2. The minimum Gasteiger partial charge on any atom is -0.351 e. The molecule has 1 amide bonds. The van der Waals surface area contributed by atoms with Crippen LogP contribution in [0.2, 0.25) is 0 Å². The van der Waals surface area contributed by atoms with Crippen LogP contribution in [0, 0.1) is 5.92 Å². The Morgan fingerprint density at radius 1 is 1.08 bits per heavy atom. The molecular formula is C21H26N2O. The molecule has 2 atom stereocenters. The van der Waals surface area contributed by atoms with E-state index in [0.29, 0.717) is 12.5 Å². The van der Waals surface area contributed by atoms with Gasteiger partial charge in [0.1, 0.15) is 0 Å². The van der Waals surface area contributed by atoms with Gasteiger partial charge in [-0.15, -0.1) is 0 Å². The number of amides is 1. The molecular weight excluding hydrogens is 296 g/mol. The fourth-order valence-corrected chi connectivity index (χ4v) is 4.12. The van der Waals surface area contributed by atoms with Crippen LogP contribution in [0.1, 0.15) is 34.8 Å². The summed E-state index contributed by atoms with van der Waals surface area (Å²) in [5, 5.41) is 3.13. The van der Waals surface area contributed by atoms with Crippen molar-refractivity contribution < 1.29 is 4.79 Å². The molecule has 0 bridgehead atoms. The van der Waals surface area contributed by atoms with E-state index < -0.39 is 0 Å². The van der Waals surface area contributed by atoms with E-state index in [1.54, 1.807) is 0 Å². The predicted molar refractivity (Wildman–Crippen MR) is 98.3 cm³/mol. The number of carbonyl (C=O) groups is 1. The molecule has 0 saturated heterocycles. The van der Waals surface area contributed by atoms with Crippen molar-refractivity contribution in [1.29, 1.82) is 0 Å². The molecule has 0 saturated carbocycles. The van der Waals surface area contributed by atoms with E-state index in [1.807, 2.05) is 24.3 Å². The lowest BCUT2D eigenvalue weighted by atomic mass is 9.66. The van der Waals surface area contributed by atoms with Gasteiger partial charge in [-0.05, 0) is 43.6 Å². The van der Waals surface area contributed by atoms with Gasteiger partial charge in [-0.2, -0.15) is 0 Å². The Morgan fingerprint density at radius 2 is 1.75 bits per heavy atom. The molecule has 0 fully saturated rings. The Labute approximate surface area is 144 Å². The predicted octanol–water partition coefficient (Wildman–Crippen LogP) is 3.30. The van der Waals surface area contributed by atoms with Crippen LogP contribution in [-0.2, 0) is 5.41 Å². The van der Waals surface area contributed by atoms with Gasteiger partial charge >= 0.3 is 0 Å². The Bertz CT molecular complexity index is 711. The van der Waals surface area contributed by atoms with Crippen LogP contribution >= 0.6 is 0 Å². The minimum atomic E-state index is -0.165. The van der Waals surface area contributed by atoms with Crippen LogP contribution in [0.5, 0.6) is 0 Å². The van der Waals surface area contributed by atoms with E-state index in [2.05, 4.69) is 61.6 Å². The van der Waals surface area contributed by atoms with Crippen molar-refractivity contribution in [3.63, 3.8) is 0 Å². The van der Waals surface area contributed by atoms with Gasteiger partial charge in [-0.1, -0.05) is 55.5 Å². The van der Waals surface area contributed by atoms with Gasteiger partial charge in [-0.3, -0.25) is 4.79 Å². The largest absolute Gasteiger partial charge is 0.351 e. The highest BCUT2D eigenvalue weighted by Crippen LogP contribution is 2.41. The molecule has 1 aliphatic heterocycles. The Kier molecular flexibility index (Phi) is 4.72. The lowest BCUT2D eigenvalue weighted by molar-refractivity contribution is 0.0925.